The van der Waals surface area contributed by atoms with Crippen molar-refractivity contribution in [2.45, 2.75) is 32.6 Å². The molecule has 8 heteroatoms. The summed E-state index contributed by atoms with van der Waals surface area (Å²) >= 11 is 5.89. The van der Waals surface area contributed by atoms with Crippen molar-refractivity contribution in [3.05, 3.63) is 105 Å². The molecule has 3 aromatic heterocycles. The van der Waals surface area contributed by atoms with Gasteiger partial charge in [-0.05, 0) is 55.5 Å². The van der Waals surface area contributed by atoms with Crippen LogP contribution in [0.5, 0.6) is 0 Å². The van der Waals surface area contributed by atoms with Crippen LogP contribution in [-0.4, -0.2) is 35.7 Å². The Bertz CT molecular complexity index is 1520. The molecule has 5 rings (SSSR count). The molecule has 0 bridgehead atoms. The average Bonchev–Trinajstić information content (AvgIpc) is 3.19. The number of aromatic nitrogens is 5. The molecular formula is C26H26N6OS. The minimum atomic E-state index is -0.0799. The standard InChI is InChI=1S/C26H26N6OS/c1-3-17-30-24(33)20-13-7-8-15-22(20)32-25(30)28-31(26(32)34)18-29(2)23(19-11-5-4-6-12-19)21-14-9-10-16-27-21/h4-16,23H,3,17-18H2,1-2H3. The van der Waals surface area contributed by atoms with Crippen LogP contribution in [0.15, 0.2) is 83.8 Å². The molecule has 1 unspecified atom stereocenters. The summed E-state index contributed by atoms with van der Waals surface area (Å²) in [7, 11) is 2.04. The lowest BCUT2D eigenvalue weighted by Gasteiger charge is -2.27. The molecule has 0 N–H and O–H groups in total. The van der Waals surface area contributed by atoms with Crippen LogP contribution in [-0.2, 0) is 13.2 Å². The van der Waals surface area contributed by atoms with Crippen LogP contribution in [0.4, 0.5) is 0 Å². The van der Waals surface area contributed by atoms with E-state index in [-0.39, 0.29) is 11.6 Å². The van der Waals surface area contributed by atoms with E-state index in [0.717, 1.165) is 23.2 Å². The summed E-state index contributed by atoms with van der Waals surface area (Å²) in [5.41, 5.74) is 2.81. The van der Waals surface area contributed by atoms with Gasteiger partial charge in [-0.25, -0.2) is 4.68 Å². The molecule has 7 nitrogen and oxygen atoms in total. The van der Waals surface area contributed by atoms with Gasteiger partial charge in [0.1, 0.15) is 0 Å². The van der Waals surface area contributed by atoms with Crippen molar-refractivity contribution >= 4 is 28.9 Å². The topological polar surface area (TPSA) is 60.4 Å². The molecule has 34 heavy (non-hydrogen) atoms. The quantitative estimate of drug-likeness (QED) is 0.324. The summed E-state index contributed by atoms with van der Waals surface area (Å²) in [6.45, 7) is 3.06. The fraction of sp³-hybridized carbons (Fsp3) is 0.231. The average molecular weight is 471 g/mol. The van der Waals surface area contributed by atoms with Crippen LogP contribution in [0.3, 0.4) is 0 Å². The SMILES string of the molecule is CCCn1c(=O)c2ccccc2n2c(=S)n(CN(C)C(c3ccccc3)c3ccccn3)nc12. The van der Waals surface area contributed by atoms with Gasteiger partial charge in [-0.3, -0.25) is 23.6 Å². The van der Waals surface area contributed by atoms with Crippen molar-refractivity contribution in [2.75, 3.05) is 7.05 Å². The van der Waals surface area contributed by atoms with Crippen molar-refractivity contribution in [1.29, 1.82) is 0 Å². The van der Waals surface area contributed by atoms with E-state index < -0.39 is 0 Å². The second-order valence-electron chi connectivity index (χ2n) is 8.36. The number of pyridine rings is 1. The van der Waals surface area contributed by atoms with Gasteiger partial charge in [-0.1, -0.05) is 55.5 Å². The highest BCUT2D eigenvalue weighted by Gasteiger charge is 2.22. The van der Waals surface area contributed by atoms with Crippen LogP contribution in [0.25, 0.3) is 16.7 Å². The lowest BCUT2D eigenvalue weighted by molar-refractivity contribution is 0.205. The molecule has 3 heterocycles. The molecule has 0 aliphatic carbocycles. The maximum atomic E-state index is 13.2. The highest BCUT2D eigenvalue weighted by atomic mass is 32.1. The Hall–Kier alpha value is -3.62. The maximum absolute atomic E-state index is 13.2. The van der Waals surface area contributed by atoms with E-state index in [2.05, 4.69) is 28.9 Å². The zero-order valence-electron chi connectivity index (χ0n) is 19.2. The van der Waals surface area contributed by atoms with Gasteiger partial charge >= 0.3 is 0 Å². The van der Waals surface area contributed by atoms with E-state index in [1.54, 1.807) is 9.25 Å². The van der Waals surface area contributed by atoms with Crippen LogP contribution >= 0.6 is 12.2 Å². The molecule has 0 radical (unpaired) electrons. The number of nitrogens with zero attached hydrogens (tertiary/aromatic N) is 6. The first-order chi connectivity index (χ1) is 16.6. The molecule has 2 aromatic carbocycles. The first-order valence-corrected chi connectivity index (χ1v) is 11.8. The number of aryl methyl sites for hydroxylation is 1. The zero-order chi connectivity index (χ0) is 23.7. The van der Waals surface area contributed by atoms with Crippen molar-refractivity contribution in [2.24, 2.45) is 0 Å². The molecule has 5 aromatic rings. The van der Waals surface area contributed by atoms with Crippen LogP contribution in [0.2, 0.25) is 0 Å². The Balaban J connectivity index is 1.64. The highest BCUT2D eigenvalue weighted by molar-refractivity contribution is 7.71. The molecule has 0 aliphatic rings. The molecular weight excluding hydrogens is 444 g/mol. The molecule has 0 saturated carbocycles. The smallest absolute Gasteiger partial charge is 0.262 e. The Kier molecular flexibility index (Phi) is 6.08. The monoisotopic (exact) mass is 470 g/mol. The molecule has 0 amide bonds. The summed E-state index contributed by atoms with van der Waals surface area (Å²) in [5.74, 6) is 0.568. The summed E-state index contributed by atoms with van der Waals surface area (Å²) < 4.78 is 5.98. The van der Waals surface area contributed by atoms with Crippen molar-refractivity contribution in [3.8, 4) is 0 Å². The third-order valence-corrected chi connectivity index (χ3v) is 6.41. The summed E-state index contributed by atoms with van der Waals surface area (Å²) in [4.78, 5) is 20.0. The predicted molar refractivity (Wildman–Crippen MR) is 136 cm³/mol. The van der Waals surface area contributed by atoms with E-state index in [0.29, 0.717) is 29.1 Å². The number of rotatable bonds is 7. The van der Waals surface area contributed by atoms with E-state index >= 15 is 0 Å². The highest BCUT2D eigenvalue weighted by Crippen LogP contribution is 2.26. The van der Waals surface area contributed by atoms with E-state index in [1.165, 1.54) is 0 Å². The number of hydrogen-bond acceptors (Lipinski definition) is 5. The van der Waals surface area contributed by atoms with Crippen LogP contribution in [0, 0.1) is 4.77 Å². The van der Waals surface area contributed by atoms with Crippen molar-refractivity contribution in [1.82, 2.24) is 28.6 Å². The van der Waals surface area contributed by atoms with E-state index in [9.17, 15) is 4.79 Å². The zero-order valence-corrected chi connectivity index (χ0v) is 20.0. The Morgan fingerprint density at radius 1 is 1.00 bits per heavy atom. The molecule has 0 fully saturated rings. The Labute approximate surface area is 202 Å². The van der Waals surface area contributed by atoms with Crippen molar-refractivity contribution in [3.63, 3.8) is 0 Å². The fourth-order valence-corrected chi connectivity index (χ4v) is 4.78. The Morgan fingerprint density at radius 3 is 2.47 bits per heavy atom. The van der Waals surface area contributed by atoms with Gasteiger partial charge in [0.15, 0.2) is 0 Å². The summed E-state index contributed by atoms with van der Waals surface area (Å²) in [5, 5.41) is 5.47. The van der Waals surface area contributed by atoms with Gasteiger partial charge in [0.25, 0.3) is 5.56 Å². The summed E-state index contributed by atoms with van der Waals surface area (Å²) in [6, 6.07) is 23.7. The molecule has 0 saturated heterocycles. The molecule has 172 valence electrons. The van der Waals surface area contributed by atoms with Gasteiger partial charge in [0.2, 0.25) is 10.5 Å². The van der Waals surface area contributed by atoms with Gasteiger partial charge < -0.3 is 0 Å². The summed E-state index contributed by atoms with van der Waals surface area (Å²) in [6.07, 6.45) is 2.63. The van der Waals surface area contributed by atoms with Crippen molar-refractivity contribution < 1.29 is 0 Å². The number of fused-ring (bicyclic) bond motifs is 3. The van der Waals surface area contributed by atoms with E-state index in [1.807, 2.05) is 78.3 Å². The fourth-order valence-electron chi connectivity index (χ4n) is 4.50. The molecule has 0 spiro atoms. The van der Waals surface area contributed by atoms with Crippen LogP contribution in [0.1, 0.15) is 30.6 Å². The normalized spacial score (nSPS) is 12.6. The third kappa shape index (κ3) is 3.85. The minimum absolute atomic E-state index is 0.0406. The Morgan fingerprint density at radius 2 is 1.74 bits per heavy atom. The van der Waals surface area contributed by atoms with Gasteiger partial charge in [-0.2, -0.15) is 0 Å². The van der Waals surface area contributed by atoms with Gasteiger partial charge in [0, 0.05) is 12.7 Å². The maximum Gasteiger partial charge on any atom is 0.262 e. The van der Waals surface area contributed by atoms with Gasteiger partial charge in [-0.15, -0.1) is 5.10 Å². The second kappa shape index (κ2) is 9.32. The molecule has 0 aliphatic heterocycles. The first-order valence-electron chi connectivity index (χ1n) is 11.4. The number of hydrogen-bond donors (Lipinski definition) is 0. The van der Waals surface area contributed by atoms with E-state index in [4.69, 9.17) is 17.3 Å². The minimum Gasteiger partial charge on any atom is -0.276 e. The number of para-hydroxylation sites is 1. The predicted octanol–water partition coefficient (Wildman–Crippen LogP) is 4.66. The number of benzene rings is 2. The third-order valence-electron chi connectivity index (χ3n) is 6.01. The largest absolute Gasteiger partial charge is 0.276 e. The van der Waals surface area contributed by atoms with Crippen LogP contribution < -0.4 is 5.56 Å². The lowest BCUT2D eigenvalue weighted by atomic mass is 10.0. The second-order valence-corrected chi connectivity index (χ2v) is 8.72. The first kappa shape index (κ1) is 22.2. The molecule has 1 atom stereocenters. The lowest BCUT2D eigenvalue weighted by Crippen LogP contribution is -2.29. The van der Waals surface area contributed by atoms with Gasteiger partial charge in [0.05, 0.1) is 29.3 Å².